The van der Waals surface area contributed by atoms with Gasteiger partial charge >= 0.3 is 0 Å². The average molecular weight is 333 g/mol. The molecule has 2 aromatic carbocycles. The second-order valence-corrected chi connectivity index (χ2v) is 6.52. The number of halogens is 1. The molecule has 19 heavy (non-hydrogen) atoms. The number of rotatable bonds is 2. The molecule has 0 N–H and O–H groups in total. The molecule has 0 bridgehead atoms. The minimum Gasteiger partial charge on any atom is -0.378 e. The predicted molar refractivity (Wildman–Crippen MR) is 87.1 cm³/mol. The van der Waals surface area contributed by atoms with Crippen molar-refractivity contribution in [3.63, 3.8) is 0 Å². The Kier molecular flexibility index (Phi) is 3.29. The van der Waals surface area contributed by atoms with Crippen LogP contribution in [0.15, 0.2) is 46.9 Å². The van der Waals surface area contributed by atoms with Crippen LogP contribution >= 0.6 is 27.3 Å². The third-order valence-electron chi connectivity index (χ3n) is 2.96. The van der Waals surface area contributed by atoms with Gasteiger partial charge in [0.25, 0.3) is 0 Å². The molecule has 96 valence electrons. The zero-order valence-corrected chi connectivity index (χ0v) is 13.1. The highest BCUT2D eigenvalue weighted by molar-refractivity contribution is 9.10. The Morgan fingerprint density at radius 1 is 1.11 bits per heavy atom. The van der Waals surface area contributed by atoms with E-state index in [2.05, 4.69) is 71.3 Å². The Bertz CT molecular complexity index is 734. The number of benzene rings is 2. The van der Waals surface area contributed by atoms with Crippen LogP contribution in [0.3, 0.4) is 0 Å². The minimum atomic E-state index is 1.05. The van der Waals surface area contributed by atoms with Crippen LogP contribution in [-0.4, -0.2) is 19.1 Å². The van der Waals surface area contributed by atoms with E-state index in [1.165, 1.54) is 16.0 Å². The van der Waals surface area contributed by atoms with Crippen molar-refractivity contribution in [2.45, 2.75) is 0 Å². The number of fused-ring (bicyclic) bond motifs is 1. The molecule has 3 rings (SSSR count). The van der Waals surface area contributed by atoms with Gasteiger partial charge in [0.2, 0.25) is 0 Å². The molecule has 0 atom stereocenters. The lowest BCUT2D eigenvalue weighted by Crippen LogP contribution is -2.08. The Hall–Kier alpha value is -1.39. The van der Waals surface area contributed by atoms with Gasteiger partial charge in [0, 0.05) is 29.8 Å². The summed E-state index contributed by atoms with van der Waals surface area (Å²) in [5.74, 6) is 0. The predicted octanol–water partition coefficient (Wildman–Crippen LogP) is 4.79. The van der Waals surface area contributed by atoms with Crippen LogP contribution < -0.4 is 4.90 Å². The fraction of sp³-hybridized carbons (Fsp3) is 0.133. The maximum Gasteiger partial charge on any atom is 0.124 e. The van der Waals surface area contributed by atoms with Gasteiger partial charge in [-0.3, -0.25) is 0 Å². The summed E-state index contributed by atoms with van der Waals surface area (Å²) in [5.41, 5.74) is 3.42. The Balaban J connectivity index is 2.11. The summed E-state index contributed by atoms with van der Waals surface area (Å²) in [6, 6.07) is 14.7. The first-order valence-corrected chi connectivity index (χ1v) is 7.58. The van der Waals surface area contributed by atoms with E-state index < -0.39 is 0 Å². The van der Waals surface area contributed by atoms with E-state index in [-0.39, 0.29) is 0 Å². The van der Waals surface area contributed by atoms with Crippen LogP contribution in [0.5, 0.6) is 0 Å². The molecule has 3 aromatic rings. The number of nitrogens with zero attached hydrogens (tertiary/aromatic N) is 2. The lowest BCUT2D eigenvalue weighted by molar-refractivity contribution is 1.13. The zero-order chi connectivity index (χ0) is 13.4. The second kappa shape index (κ2) is 4.94. The maximum absolute atomic E-state index is 4.70. The van der Waals surface area contributed by atoms with Crippen molar-refractivity contribution < 1.29 is 0 Å². The first-order chi connectivity index (χ1) is 9.13. The minimum absolute atomic E-state index is 1.05. The van der Waals surface area contributed by atoms with Crippen LogP contribution in [0.4, 0.5) is 5.69 Å². The van der Waals surface area contributed by atoms with E-state index in [4.69, 9.17) is 4.98 Å². The molecule has 0 amide bonds. The molecule has 0 aliphatic heterocycles. The van der Waals surface area contributed by atoms with Gasteiger partial charge in [0.15, 0.2) is 0 Å². The van der Waals surface area contributed by atoms with Crippen molar-refractivity contribution in [3.05, 3.63) is 46.9 Å². The van der Waals surface area contributed by atoms with E-state index in [1.807, 2.05) is 6.07 Å². The number of aromatic nitrogens is 1. The summed E-state index contributed by atoms with van der Waals surface area (Å²) in [6.45, 7) is 0. The lowest BCUT2D eigenvalue weighted by Gasteiger charge is -2.12. The van der Waals surface area contributed by atoms with Crippen molar-refractivity contribution in [2.24, 2.45) is 0 Å². The molecule has 0 saturated heterocycles. The molecule has 0 fully saturated rings. The van der Waals surface area contributed by atoms with Crippen LogP contribution in [0.2, 0.25) is 0 Å². The van der Waals surface area contributed by atoms with E-state index in [9.17, 15) is 0 Å². The summed E-state index contributed by atoms with van der Waals surface area (Å²) in [7, 11) is 4.10. The SMILES string of the molecule is CN(C)c1cccc(-c2nc3ccc(Br)cc3s2)c1. The van der Waals surface area contributed by atoms with Gasteiger partial charge in [-0.05, 0) is 30.3 Å². The summed E-state index contributed by atoms with van der Waals surface area (Å²) in [5, 5.41) is 1.07. The summed E-state index contributed by atoms with van der Waals surface area (Å²) in [4.78, 5) is 6.81. The van der Waals surface area contributed by atoms with Crippen LogP contribution in [0.1, 0.15) is 0 Å². The normalized spacial score (nSPS) is 10.9. The summed E-state index contributed by atoms with van der Waals surface area (Å²) < 4.78 is 2.30. The Labute approximate surface area is 124 Å². The first-order valence-electron chi connectivity index (χ1n) is 5.97. The molecular weight excluding hydrogens is 320 g/mol. The standard InChI is InChI=1S/C15H13BrN2S/c1-18(2)12-5-3-4-10(8-12)15-17-13-7-6-11(16)9-14(13)19-15/h3-9H,1-2H3. The van der Waals surface area contributed by atoms with Gasteiger partial charge in [-0.2, -0.15) is 0 Å². The molecule has 0 spiro atoms. The molecule has 2 nitrogen and oxygen atoms in total. The van der Waals surface area contributed by atoms with Gasteiger partial charge in [0.1, 0.15) is 5.01 Å². The highest BCUT2D eigenvalue weighted by atomic mass is 79.9. The zero-order valence-electron chi connectivity index (χ0n) is 10.7. The summed E-state index contributed by atoms with van der Waals surface area (Å²) >= 11 is 5.23. The van der Waals surface area contributed by atoms with Crippen molar-refractivity contribution in [2.75, 3.05) is 19.0 Å². The molecule has 0 aliphatic carbocycles. The number of anilines is 1. The summed E-state index contributed by atoms with van der Waals surface area (Å²) in [6.07, 6.45) is 0. The van der Waals surface area contributed by atoms with E-state index >= 15 is 0 Å². The first kappa shape index (κ1) is 12.6. The highest BCUT2D eigenvalue weighted by Gasteiger charge is 2.07. The van der Waals surface area contributed by atoms with Crippen molar-refractivity contribution in [1.29, 1.82) is 0 Å². The molecular formula is C15H13BrN2S. The van der Waals surface area contributed by atoms with E-state index in [0.717, 1.165) is 15.0 Å². The second-order valence-electron chi connectivity index (χ2n) is 4.58. The van der Waals surface area contributed by atoms with E-state index in [1.54, 1.807) is 11.3 Å². The van der Waals surface area contributed by atoms with Gasteiger partial charge in [-0.25, -0.2) is 4.98 Å². The molecule has 1 heterocycles. The fourth-order valence-electron chi connectivity index (χ4n) is 1.94. The van der Waals surface area contributed by atoms with Gasteiger partial charge in [-0.15, -0.1) is 11.3 Å². The molecule has 0 aliphatic rings. The number of hydrogen-bond acceptors (Lipinski definition) is 3. The highest BCUT2D eigenvalue weighted by Crippen LogP contribution is 2.33. The van der Waals surface area contributed by atoms with Crippen LogP contribution in [0.25, 0.3) is 20.8 Å². The molecule has 0 radical (unpaired) electrons. The maximum atomic E-state index is 4.70. The van der Waals surface area contributed by atoms with E-state index in [0.29, 0.717) is 0 Å². The van der Waals surface area contributed by atoms with Crippen molar-refractivity contribution in [3.8, 4) is 10.6 Å². The van der Waals surface area contributed by atoms with Crippen LogP contribution in [-0.2, 0) is 0 Å². The lowest BCUT2D eigenvalue weighted by atomic mass is 10.2. The fourth-order valence-corrected chi connectivity index (χ4v) is 3.45. The van der Waals surface area contributed by atoms with Crippen molar-refractivity contribution in [1.82, 2.24) is 4.98 Å². The van der Waals surface area contributed by atoms with Crippen molar-refractivity contribution >= 4 is 43.2 Å². The van der Waals surface area contributed by atoms with Gasteiger partial charge in [0.05, 0.1) is 10.2 Å². The third-order valence-corrected chi connectivity index (χ3v) is 4.52. The Morgan fingerprint density at radius 2 is 1.95 bits per heavy atom. The topological polar surface area (TPSA) is 16.1 Å². The van der Waals surface area contributed by atoms with Gasteiger partial charge < -0.3 is 4.90 Å². The molecule has 1 aromatic heterocycles. The average Bonchev–Trinajstić information content (AvgIpc) is 2.81. The third kappa shape index (κ3) is 2.51. The van der Waals surface area contributed by atoms with Crippen LogP contribution in [0, 0.1) is 0 Å². The smallest absolute Gasteiger partial charge is 0.124 e. The number of hydrogen-bond donors (Lipinski definition) is 0. The monoisotopic (exact) mass is 332 g/mol. The molecule has 4 heteroatoms. The largest absolute Gasteiger partial charge is 0.378 e. The molecule has 0 unspecified atom stereocenters. The van der Waals surface area contributed by atoms with Gasteiger partial charge in [-0.1, -0.05) is 28.1 Å². The Morgan fingerprint density at radius 3 is 2.74 bits per heavy atom. The molecule has 0 saturated carbocycles. The number of thiazole rings is 1. The quantitative estimate of drug-likeness (QED) is 0.670.